The molecule has 0 saturated heterocycles. The van der Waals surface area contributed by atoms with Crippen molar-refractivity contribution in [1.29, 1.82) is 0 Å². The molecule has 2 nitrogen and oxygen atoms in total. The van der Waals surface area contributed by atoms with Crippen LogP contribution >= 0.6 is 15.9 Å². The van der Waals surface area contributed by atoms with Crippen molar-refractivity contribution >= 4 is 27.4 Å². The van der Waals surface area contributed by atoms with E-state index in [9.17, 15) is 9.18 Å². The van der Waals surface area contributed by atoms with Crippen LogP contribution in [0.1, 0.15) is 21.5 Å². The van der Waals surface area contributed by atoms with E-state index in [2.05, 4.69) is 15.9 Å². The van der Waals surface area contributed by atoms with Crippen molar-refractivity contribution in [3.8, 4) is 0 Å². The fraction of sp³-hybridized carbons (Fsp3) is 0.0714. The Morgan fingerprint density at radius 1 is 1.22 bits per heavy atom. The number of nitrogen functional groups attached to an aromatic ring is 1. The second-order valence-electron chi connectivity index (χ2n) is 3.97. The molecule has 2 aromatic rings. The maximum atomic E-state index is 13.7. The summed E-state index contributed by atoms with van der Waals surface area (Å²) >= 11 is 3.23. The standard InChI is InChI=1S/C14H11BrFNO/c1-8-10(3-2-4-13(8)17)14(18)11-7-9(15)5-6-12(11)16/h2-7H,17H2,1H3. The number of halogens is 2. The molecule has 18 heavy (non-hydrogen) atoms. The maximum absolute atomic E-state index is 13.7. The molecule has 4 heteroatoms. The van der Waals surface area contributed by atoms with Gasteiger partial charge >= 0.3 is 0 Å². The molecule has 0 radical (unpaired) electrons. The summed E-state index contributed by atoms with van der Waals surface area (Å²) < 4.78 is 14.3. The molecule has 0 bridgehead atoms. The third kappa shape index (κ3) is 2.29. The Morgan fingerprint density at radius 3 is 2.67 bits per heavy atom. The van der Waals surface area contributed by atoms with E-state index in [0.717, 1.165) is 0 Å². The lowest BCUT2D eigenvalue weighted by Gasteiger charge is -2.08. The van der Waals surface area contributed by atoms with E-state index in [1.165, 1.54) is 12.1 Å². The highest BCUT2D eigenvalue weighted by atomic mass is 79.9. The largest absolute Gasteiger partial charge is 0.398 e. The van der Waals surface area contributed by atoms with Gasteiger partial charge < -0.3 is 5.73 Å². The zero-order valence-corrected chi connectivity index (χ0v) is 11.3. The van der Waals surface area contributed by atoms with Gasteiger partial charge in [0.2, 0.25) is 0 Å². The molecule has 2 aromatic carbocycles. The van der Waals surface area contributed by atoms with Crippen LogP contribution in [0.4, 0.5) is 10.1 Å². The van der Waals surface area contributed by atoms with Gasteiger partial charge in [-0.25, -0.2) is 4.39 Å². The van der Waals surface area contributed by atoms with Crippen molar-refractivity contribution in [1.82, 2.24) is 0 Å². The number of carbonyl (C=O) groups is 1. The van der Waals surface area contributed by atoms with Gasteiger partial charge in [-0.2, -0.15) is 0 Å². The molecule has 0 aliphatic rings. The fourth-order valence-electron chi connectivity index (χ4n) is 1.72. The van der Waals surface area contributed by atoms with E-state index in [1.54, 1.807) is 31.2 Å². The first-order valence-electron chi connectivity index (χ1n) is 5.35. The summed E-state index contributed by atoms with van der Waals surface area (Å²) in [5, 5.41) is 0. The SMILES string of the molecule is Cc1c(N)cccc1C(=O)c1cc(Br)ccc1F. The number of anilines is 1. The van der Waals surface area contributed by atoms with Crippen LogP contribution in [0.25, 0.3) is 0 Å². The van der Waals surface area contributed by atoms with Gasteiger partial charge in [0.15, 0.2) is 5.78 Å². The van der Waals surface area contributed by atoms with Crippen molar-refractivity contribution < 1.29 is 9.18 Å². The Morgan fingerprint density at radius 2 is 1.94 bits per heavy atom. The normalized spacial score (nSPS) is 10.4. The van der Waals surface area contributed by atoms with E-state index in [4.69, 9.17) is 5.73 Å². The van der Waals surface area contributed by atoms with Crippen LogP contribution in [0.5, 0.6) is 0 Å². The van der Waals surface area contributed by atoms with Gasteiger partial charge in [0.1, 0.15) is 5.82 Å². The minimum Gasteiger partial charge on any atom is -0.398 e. The average molecular weight is 308 g/mol. The highest BCUT2D eigenvalue weighted by Crippen LogP contribution is 2.22. The molecule has 0 aliphatic carbocycles. The quantitative estimate of drug-likeness (QED) is 0.679. The Kier molecular flexibility index (Phi) is 3.48. The molecular formula is C14H11BrFNO. The van der Waals surface area contributed by atoms with Crippen LogP contribution in [0, 0.1) is 12.7 Å². The van der Waals surface area contributed by atoms with Gasteiger partial charge in [0.25, 0.3) is 0 Å². The molecule has 0 unspecified atom stereocenters. The predicted octanol–water partition coefficient (Wildman–Crippen LogP) is 3.71. The summed E-state index contributed by atoms with van der Waals surface area (Å²) in [5.41, 5.74) is 7.40. The van der Waals surface area contributed by atoms with Gasteiger partial charge in [-0.15, -0.1) is 0 Å². The Balaban J connectivity index is 2.55. The second-order valence-corrected chi connectivity index (χ2v) is 4.89. The van der Waals surface area contributed by atoms with Crippen LogP contribution in [0.3, 0.4) is 0 Å². The molecule has 0 saturated carbocycles. The van der Waals surface area contributed by atoms with Gasteiger partial charge in [0.05, 0.1) is 5.56 Å². The summed E-state index contributed by atoms with van der Waals surface area (Å²) in [5.74, 6) is -0.899. The Hall–Kier alpha value is -1.68. The number of nitrogens with two attached hydrogens (primary N) is 1. The summed E-state index contributed by atoms with van der Waals surface area (Å²) in [4.78, 5) is 12.3. The number of benzene rings is 2. The van der Waals surface area contributed by atoms with Crippen LogP contribution in [-0.4, -0.2) is 5.78 Å². The Bertz CT molecular complexity index is 621. The van der Waals surface area contributed by atoms with Crippen molar-refractivity contribution in [2.75, 3.05) is 5.73 Å². The van der Waals surface area contributed by atoms with Crippen LogP contribution in [0.15, 0.2) is 40.9 Å². The third-order valence-corrected chi connectivity index (χ3v) is 3.29. The Labute approximate surface area is 113 Å². The van der Waals surface area contributed by atoms with E-state index in [0.29, 0.717) is 21.3 Å². The first-order chi connectivity index (χ1) is 8.50. The van der Waals surface area contributed by atoms with Crippen LogP contribution < -0.4 is 5.73 Å². The van der Waals surface area contributed by atoms with E-state index >= 15 is 0 Å². The molecule has 0 amide bonds. The molecular weight excluding hydrogens is 297 g/mol. The molecule has 2 N–H and O–H groups in total. The highest BCUT2D eigenvalue weighted by molar-refractivity contribution is 9.10. The molecule has 0 atom stereocenters. The van der Waals surface area contributed by atoms with Crippen LogP contribution in [0.2, 0.25) is 0 Å². The lowest BCUT2D eigenvalue weighted by Crippen LogP contribution is -2.07. The van der Waals surface area contributed by atoms with Gasteiger partial charge in [-0.05, 0) is 36.8 Å². The number of rotatable bonds is 2. The predicted molar refractivity (Wildman–Crippen MR) is 73.1 cm³/mol. The zero-order valence-electron chi connectivity index (χ0n) is 9.71. The molecule has 0 aromatic heterocycles. The molecule has 92 valence electrons. The molecule has 0 fully saturated rings. The molecule has 0 aliphatic heterocycles. The maximum Gasteiger partial charge on any atom is 0.196 e. The van der Waals surface area contributed by atoms with Crippen LogP contribution in [-0.2, 0) is 0 Å². The topological polar surface area (TPSA) is 43.1 Å². The first kappa shape index (κ1) is 12.8. The van der Waals surface area contributed by atoms with Crippen molar-refractivity contribution in [3.05, 3.63) is 63.4 Å². The third-order valence-electron chi connectivity index (χ3n) is 2.79. The minimum absolute atomic E-state index is 0.0399. The van der Waals surface area contributed by atoms with Gasteiger partial charge in [-0.1, -0.05) is 28.1 Å². The molecule has 2 rings (SSSR count). The number of carbonyl (C=O) groups excluding carboxylic acids is 1. The molecule has 0 heterocycles. The van der Waals surface area contributed by atoms with E-state index < -0.39 is 5.82 Å². The van der Waals surface area contributed by atoms with Gasteiger partial charge in [0, 0.05) is 15.7 Å². The smallest absolute Gasteiger partial charge is 0.196 e. The lowest BCUT2D eigenvalue weighted by atomic mass is 9.98. The highest BCUT2D eigenvalue weighted by Gasteiger charge is 2.17. The number of ketones is 1. The fourth-order valence-corrected chi connectivity index (χ4v) is 2.08. The number of hydrogen-bond donors (Lipinski definition) is 1. The van der Waals surface area contributed by atoms with E-state index in [-0.39, 0.29) is 11.3 Å². The minimum atomic E-state index is -0.537. The second kappa shape index (κ2) is 4.90. The van der Waals surface area contributed by atoms with E-state index in [1.807, 2.05) is 0 Å². The first-order valence-corrected chi connectivity index (χ1v) is 6.15. The lowest BCUT2D eigenvalue weighted by molar-refractivity contribution is 0.103. The summed E-state index contributed by atoms with van der Waals surface area (Å²) in [6.45, 7) is 1.75. The zero-order chi connectivity index (χ0) is 13.3. The molecule has 0 spiro atoms. The summed E-state index contributed by atoms with van der Waals surface area (Å²) in [7, 11) is 0. The number of hydrogen-bond acceptors (Lipinski definition) is 2. The summed E-state index contributed by atoms with van der Waals surface area (Å²) in [6.07, 6.45) is 0. The van der Waals surface area contributed by atoms with Crippen molar-refractivity contribution in [2.45, 2.75) is 6.92 Å². The monoisotopic (exact) mass is 307 g/mol. The average Bonchev–Trinajstić information content (AvgIpc) is 2.35. The van der Waals surface area contributed by atoms with Gasteiger partial charge in [-0.3, -0.25) is 4.79 Å². The van der Waals surface area contributed by atoms with Crippen molar-refractivity contribution in [2.24, 2.45) is 0 Å². The summed E-state index contributed by atoms with van der Waals surface area (Å²) in [6, 6.07) is 9.33. The van der Waals surface area contributed by atoms with Crippen molar-refractivity contribution in [3.63, 3.8) is 0 Å².